The maximum atomic E-state index is 12.4. The van der Waals surface area contributed by atoms with Crippen molar-refractivity contribution in [2.45, 2.75) is 91.8 Å². The summed E-state index contributed by atoms with van der Waals surface area (Å²) in [6, 6.07) is 10.5. The summed E-state index contributed by atoms with van der Waals surface area (Å²) < 4.78 is 12.5. The highest BCUT2D eigenvalue weighted by Gasteiger charge is 2.21. The molecule has 0 heterocycles. The number of nitrogens with one attached hydrogen (secondary N) is 1. The van der Waals surface area contributed by atoms with Gasteiger partial charge in [0.15, 0.2) is 0 Å². The fourth-order valence-electron chi connectivity index (χ4n) is 3.41. The van der Waals surface area contributed by atoms with E-state index >= 15 is 0 Å². The number of hydrogen-bond acceptors (Lipinski definition) is 5. The average Bonchev–Trinajstić information content (AvgIpc) is 2.79. The number of ether oxygens (including phenoxy) is 2. The van der Waals surface area contributed by atoms with Gasteiger partial charge in [-0.1, -0.05) is 19.9 Å². The molecular weight excluding hydrogens is 444 g/mol. The second-order valence-electron chi connectivity index (χ2n) is 10.2. The molecule has 7 heteroatoms. The van der Waals surface area contributed by atoms with Gasteiger partial charge in [0.2, 0.25) is 0 Å². The Morgan fingerprint density at radius 1 is 0.971 bits per heavy atom. The van der Waals surface area contributed by atoms with E-state index in [-0.39, 0.29) is 22.8 Å². The lowest BCUT2D eigenvalue weighted by molar-refractivity contribution is -0.385. The minimum atomic E-state index is -0.444. The first-order chi connectivity index (χ1) is 16.4. The number of rotatable bonds is 13. The van der Waals surface area contributed by atoms with Gasteiger partial charge in [-0.2, -0.15) is 0 Å². The van der Waals surface area contributed by atoms with E-state index in [4.69, 9.17) is 9.47 Å². The Labute approximate surface area is 209 Å². The Kier molecular flexibility index (Phi) is 9.69. The number of carbonyl (C=O) groups is 1. The van der Waals surface area contributed by atoms with Gasteiger partial charge in [0.1, 0.15) is 22.7 Å². The minimum absolute atomic E-state index is 0.0144. The Morgan fingerprint density at radius 3 is 2.23 bits per heavy atom. The third kappa shape index (κ3) is 8.57. The molecular formula is C28H40N2O5. The normalized spacial score (nSPS) is 11.7. The van der Waals surface area contributed by atoms with Gasteiger partial charge >= 0.3 is 0 Å². The standard InChI is InChI=1S/C28H40N2O5/c1-8-27(4,5)34-23-15-13-21(25(19-23)35-28(6,7)9-2)12-10-11-17-29-26(31)22-14-16-24(30(32)33)20(3)18-22/h13-16,18-19H,8-12,17H2,1-7H3,(H,29,31). The van der Waals surface area contributed by atoms with Gasteiger partial charge in [0.25, 0.3) is 11.6 Å². The van der Waals surface area contributed by atoms with E-state index < -0.39 is 4.92 Å². The number of carbonyl (C=O) groups excluding carboxylic acids is 1. The van der Waals surface area contributed by atoms with Crippen LogP contribution < -0.4 is 14.8 Å². The largest absolute Gasteiger partial charge is 0.488 e. The lowest BCUT2D eigenvalue weighted by Crippen LogP contribution is -2.28. The molecule has 1 amide bonds. The predicted molar refractivity (Wildman–Crippen MR) is 140 cm³/mol. The lowest BCUT2D eigenvalue weighted by Gasteiger charge is -2.29. The maximum absolute atomic E-state index is 12.4. The summed E-state index contributed by atoms with van der Waals surface area (Å²) in [5.41, 5.74) is 1.49. The zero-order chi connectivity index (χ0) is 26.2. The first-order valence-electron chi connectivity index (χ1n) is 12.4. The van der Waals surface area contributed by atoms with E-state index in [2.05, 4.69) is 52.9 Å². The second-order valence-corrected chi connectivity index (χ2v) is 10.2. The summed E-state index contributed by atoms with van der Waals surface area (Å²) in [6.45, 7) is 14.7. The third-order valence-corrected chi connectivity index (χ3v) is 6.34. The SMILES string of the molecule is CCC(C)(C)Oc1ccc(CCCCNC(=O)c2ccc([N+](=O)[O-])c(C)c2)c(OC(C)(C)CC)c1. The molecule has 1 N–H and O–H groups in total. The van der Waals surface area contributed by atoms with Crippen LogP contribution in [0.4, 0.5) is 5.69 Å². The molecule has 0 fully saturated rings. The van der Waals surface area contributed by atoms with Crippen molar-refractivity contribution in [2.24, 2.45) is 0 Å². The quantitative estimate of drug-likeness (QED) is 0.192. The number of unbranched alkanes of at least 4 members (excludes halogenated alkanes) is 1. The Bertz CT molecular complexity index is 1030. The summed E-state index contributed by atoms with van der Waals surface area (Å²) in [6.07, 6.45) is 4.28. The molecule has 0 aliphatic heterocycles. The molecule has 0 unspecified atom stereocenters. The van der Waals surface area contributed by atoms with Gasteiger partial charge in [0.05, 0.1) is 4.92 Å². The van der Waals surface area contributed by atoms with Crippen LogP contribution >= 0.6 is 0 Å². The molecule has 0 saturated heterocycles. The third-order valence-electron chi connectivity index (χ3n) is 6.34. The molecule has 35 heavy (non-hydrogen) atoms. The first kappa shape index (κ1) is 28.1. The summed E-state index contributed by atoms with van der Waals surface area (Å²) in [7, 11) is 0. The minimum Gasteiger partial charge on any atom is -0.488 e. The van der Waals surface area contributed by atoms with E-state index in [9.17, 15) is 14.9 Å². The average molecular weight is 485 g/mol. The van der Waals surface area contributed by atoms with Gasteiger partial charge in [-0.05, 0) is 90.5 Å². The number of benzene rings is 2. The van der Waals surface area contributed by atoms with Crippen LogP contribution in [0.1, 0.15) is 88.7 Å². The van der Waals surface area contributed by atoms with Crippen molar-refractivity contribution in [3.05, 3.63) is 63.2 Å². The smallest absolute Gasteiger partial charge is 0.272 e. The zero-order valence-electron chi connectivity index (χ0n) is 22.2. The van der Waals surface area contributed by atoms with Crippen molar-refractivity contribution in [3.8, 4) is 11.5 Å². The molecule has 192 valence electrons. The van der Waals surface area contributed by atoms with Gasteiger partial charge in [-0.25, -0.2) is 0 Å². The molecule has 7 nitrogen and oxygen atoms in total. The molecule has 2 rings (SSSR count). The molecule has 0 spiro atoms. The van der Waals surface area contributed by atoms with Crippen LogP contribution in [0.5, 0.6) is 11.5 Å². The highest BCUT2D eigenvalue weighted by molar-refractivity contribution is 5.94. The van der Waals surface area contributed by atoms with Crippen LogP contribution in [0.25, 0.3) is 0 Å². The van der Waals surface area contributed by atoms with Crippen molar-refractivity contribution in [1.29, 1.82) is 0 Å². The van der Waals surface area contributed by atoms with Crippen molar-refractivity contribution < 1.29 is 19.2 Å². The number of nitro benzene ring substituents is 1. The van der Waals surface area contributed by atoms with E-state index in [0.717, 1.165) is 49.2 Å². The van der Waals surface area contributed by atoms with Crippen molar-refractivity contribution in [3.63, 3.8) is 0 Å². The van der Waals surface area contributed by atoms with Crippen LogP contribution in [-0.4, -0.2) is 28.6 Å². The molecule has 0 aromatic heterocycles. The number of amides is 1. The molecule has 0 saturated carbocycles. The van der Waals surface area contributed by atoms with E-state index in [1.807, 2.05) is 12.1 Å². The van der Waals surface area contributed by atoms with Crippen molar-refractivity contribution in [1.82, 2.24) is 5.32 Å². The molecule has 2 aromatic rings. The summed E-state index contributed by atoms with van der Waals surface area (Å²) in [5, 5.41) is 13.9. The molecule has 2 aromatic carbocycles. The topological polar surface area (TPSA) is 90.7 Å². The molecule has 0 atom stereocenters. The molecule has 0 radical (unpaired) electrons. The highest BCUT2D eigenvalue weighted by atomic mass is 16.6. The maximum Gasteiger partial charge on any atom is 0.272 e. The molecule has 0 aliphatic rings. The Balaban J connectivity index is 1.97. The summed E-state index contributed by atoms with van der Waals surface area (Å²) in [4.78, 5) is 22.9. The Hall–Kier alpha value is -3.09. The first-order valence-corrected chi connectivity index (χ1v) is 12.4. The van der Waals surface area contributed by atoms with Crippen LogP contribution in [0.15, 0.2) is 36.4 Å². The van der Waals surface area contributed by atoms with Crippen LogP contribution in [0, 0.1) is 17.0 Å². The van der Waals surface area contributed by atoms with Gasteiger partial charge in [0, 0.05) is 29.8 Å². The fraction of sp³-hybridized carbons (Fsp3) is 0.536. The van der Waals surface area contributed by atoms with E-state index in [0.29, 0.717) is 17.7 Å². The Morgan fingerprint density at radius 2 is 1.63 bits per heavy atom. The van der Waals surface area contributed by atoms with Crippen LogP contribution in [0.2, 0.25) is 0 Å². The summed E-state index contributed by atoms with van der Waals surface area (Å²) >= 11 is 0. The number of nitrogens with zero attached hydrogens (tertiary/aromatic N) is 1. The zero-order valence-corrected chi connectivity index (χ0v) is 22.2. The van der Waals surface area contributed by atoms with Crippen molar-refractivity contribution >= 4 is 11.6 Å². The van der Waals surface area contributed by atoms with E-state index in [1.54, 1.807) is 13.0 Å². The lowest BCUT2D eigenvalue weighted by atomic mass is 10.0. The van der Waals surface area contributed by atoms with Gasteiger partial charge < -0.3 is 14.8 Å². The predicted octanol–water partition coefficient (Wildman–Crippen LogP) is 6.79. The number of nitro groups is 1. The monoisotopic (exact) mass is 484 g/mol. The highest BCUT2D eigenvalue weighted by Crippen LogP contribution is 2.32. The molecule has 0 bridgehead atoms. The fourth-order valence-corrected chi connectivity index (χ4v) is 3.41. The second kappa shape index (κ2) is 12.0. The van der Waals surface area contributed by atoms with Crippen LogP contribution in [-0.2, 0) is 6.42 Å². The van der Waals surface area contributed by atoms with Gasteiger partial charge in [-0.3, -0.25) is 14.9 Å². The summed E-state index contributed by atoms with van der Waals surface area (Å²) in [5.74, 6) is 1.41. The van der Waals surface area contributed by atoms with Crippen molar-refractivity contribution in [2.75, 3.05) is 6.54 Å². The number of hydrogen-bond donors (Lipinski definition) is 1. The molecule has 0 aliphatic carbocycles. The van der Waals surface area contributed by atoms with Gasteiger partial charge in [-0.15, -0.1) is 0 Å². The van der Waals surface area contributed by atoms with Crippen LogP contribution in [0.3, 0.4) is 0 Å². The van der Waals surface area contributed by atoms with E-state index in [1.165, 1.54) is 12.1 Å². The number of aryl methyl sites for hydroxylation is 2.